The summed E-state index contributed by atoms with van der Waals surface area (Å²) in [7, 11) is 2.07. The molecular weight excluding hydrogens is 240 g/mol. The highest BCUT2D eigenvalue weighted by Gasteiger charge is 2.18. The number of carbonyl (C=O) groups excluding carboxylic acids is 1. The summed E-state index contributed by atoms with van der Waals surface area (Å²) in [5.41, 5.74) is 2.24. The maximum atomic E-state index is 11.9. The van der Waals surface area contributed by atoms with E-state index in [2.05, 4.69) is 17.3 Å². The summed E-state index contributed by atoms with van der Waals surface area (Å²) < 4.78 is 5.61. The molecule has 0 aromatic heterocycles. The van der Waals surface area contributed by atoms with Crippen molar-refractivity contribution >= 4 is 5.91 Å². The number of hydrogen-bond donors (Lipinski definition) is 1. The first-order valence-corrected chi connectivity index (χ1v) is 6.76. The zero-order valence-corrected chi connectivity index (χ0v) is 11.7. The van der Waals surface area contributed by atoms with Gasteiger partial charge in [-0.1, -0.05) is 29.8 Å². The lowest BCUT2D eigenvalue weighted by atomic mass is 10.1. The van der Waals surface area contributed by atoms with Crippen LogP contribution in [0, 0.1) is 6.92 Å². The Hall–Kier alpha value is -1.39. The standard InChI is InChI=1S/C15H22N2O2/c1-12-4-3-5-13(8-12)9-15(18)16-10-14-11-17(2)6-7-19-14/h3-5,8,14H,6-7,9-11H2,1-2H3,(H,16,18). The molecule has 4 nitrogen and oxygen atoms in total. The smallest absolute Gasteiger partial charge is 0.224 e. The molecule has 19 heavy (non-hydrogen) atoms. The van der Waals surface area contributed by atoms with Crippen molar-refractivity contribution < 1.29 is 9.53 Å². The summed E-state index contributed by atoms with van der Waals surface area (Å²) in [6.07, 6.45) is 0.546. The number of amides is 1. The topological polar surface area (TPSA) is 41.6 Å². The second-order valence-electron chi connectivity index (χ2n) is 5.22. The number of morpholine rings is 1. The minimum absolute atomic E-state index is 0.0578. The Morgan fingerprint density at radius 2 is 2.37 bits per heavy atom. The molecule has 1 amide bonds. The lowest BCUT2D eigenvalue weighted by molar-refractivity contribution is -0.121. The zero-order valence-electron chi connectivity index (χ0n) is 11.7. The molecule has 0 bridgehead atoms. The Morgan fingerprint density at radius 3 is 3.11 bits per heavy atom. The van der Waals surface area contributed by atoms with Crippen LogP contribution in [0.4, 0.5) is 0 Å². The van der Waals surface area contributed by atoms with Gasteiger partial charge in [0.25, 0.3) is 0 Å². The number of hydrogen-bond acceptors (Lipinski definition) is 3. The molecule has 1 aliphatic rings. The highest BCUT2D eigenvalue weighted by atomic mass is 16.5. The van der Waals surface area contributed by atoms with Crippen molar-refractivity contribution in [1.82, 2.24) is 10.2 Å². The minimum Gasteiger partial charge on any atom is -0.374 e. The molecule has 0 spiro atoms. The van der Waals surface area contributed by atoms with Gasteiger partial charge in [0.15, 0.2) is 0 Å². The first-order chi connectivity index (χ1) is 9.13. The first kappa shape index (κ1) is 14.0. The lowest BCUT2D eigenvalue weighted by Crippen LogP contribution is -2.46. The third-order valence-electron chi connectivity index (χ3n) is 3.32. The van der Waals surface area contributed by atoms with Crippen molar-refractivity contribution in [3.63, 3.8) is 0 Å². The predicted molar refractivity (Wildman–Crippen MR) is 75.1 cm³/mol. The fourth-order valence-corrected chi connectivity index (χ4v) is 2.29. The van der Waals surface area contributed by atoms with E-state index in [0.717, 1.165) is 25.3 Å². The van der Waals surface area contributed by atoms with Crippen LogP contribution >= 0.6 is 0 Å². The van der Waals surface area contributed by atoms with Gasteiger partial charge in [-0.2, -0.15) is 0 Å². The number of benzene rings is 1. The van der Waals surface area contributed by atoms with Crippen molar-refractivity contribution in [2.75, 3.05) is 33.3 Å². The van der Waals surface area contributed by atoms with Crippen molar-refractivity contribution in [2.45, 2.75) is 19.4 Å². The largest absolute Gasteiger partial charge is 0.374 e. The Bertz CT molecular complexity index is 434. The summed E-state index contributed by atoms with van der Waals surface area (Å²) in [5, 5.41) is 2.95. The maximum absolute atomic E-state index is 11.9. The first-order valence-electron chi connectivity index (χ1n) is 6.76. The monoisotopic (exact) mass is 262 g/mol. The predicted octanol–water partition coefficient (Wildman–Crippen LogP) is 0.984. The van der Waals surface area contributed by atoms with Gasteiger partial charge in [-0.25, -0.2) is 0 Å². The summed E-state index contributed by atoms with van der Waals surface area (Å²) in [6, 6.07) is 8.05. The Balaban J connectivity index is 1.75. The third-order valence-corrected chi connectivity index (χ3v) is 3.32. The van der Waals surface area contributed by atoms with Crippen LogP contribution in [0.15, 0.2) is 24.3 Å². The van der Waals surface area contributed by atoms with Crippen LogP contribution in [0.2, 0.25) is 0 Å². The molecule has 1 atom stereocenters. The quantitative estimate of drug-likeness (QED) is 0.879. The molecule has 0 aliphatic carbocycles. The molecule has 4 heteroatoms. The molecular formula is C15H22N2O2. The van der Waals surface area contributed by atoms with Crippen LogP contribution in [0.25, 0.3) is 0 Å². The van der Waals surface area contributed by atoms with Crippen LogP contribution in [0.3, 0.4) is 0 Å². The highest BCUT2D eigenvalue weighted by Crippen LogP contribution is 2.05. The normalized spacial score (nSPS) is 20.2. The van der Waals surface area contributed by atoms with Crippen LogP contribution in [-0.4, -0.2) is 50.2 Å². The third kappa shape index (κ3) is 4.65. The fraction of sp³-hybridized carbons (Fsp3) is 0.533. The van der Waals surface area contributed by atoms with Crippen molar-refractivity contribution in [3.8, 4) is 0 Å². The second-order valence-corrected chi connectivity index (χ2v) is 5.22. The molecule has 1 unspecified atom stereocenters. The molecule has 0 radical (unpaired) electrons. The Labute approximate surface area is 114 Å². The number of ether oxygens (including phenoxy) is 1. The van der Waals surface area contributed by atoms with Gasteiger partial charge >= 0.3 is 0 Å². The molecule has 1 heterocycles. The lowest BCUT2D eigenvalue weighted by Gasteiger charge is -2.30. The summed E-state index contributed by atoms with van der Waals surface area (Å²) in [6.45, 7) is 5.22. The van der Waals surface area contributed by atoms with Gasteiger partial charge in [0.1, 0.15) is 0 Å². The van der Waals surface area contributed by atoms with Crippen molar-refractivity contribution in [1.29, 1.82) is 0 Å². The van der Waals surface area contributed by atoms with Gasteiger partial charge in [-0.15, -0.1) is 0 Å². The van der Waals surface area contributed by atoms with E-state index in [0.29, 0.717) is 13.0 Å². The fourth-order valence-electron chi connectivity index (χ4n) is 2.29. The molecule has 1 N–H and O–H groups in total. The van der Waals surface area contributed by atoms with E-state index in [-0.39, 0.29) is 12.0 Å². The van der Waals surface area contributed by atoms with E-state index in [1.807, 2.05) is 31.2 Å². The van der Waals surface area contributed by atoms with Crippen molar-refractivity contribution in [2.24, 2.45) is 0 Å². The van der Waals surface area contributed by atoms with E-state index >= 15 is 0 Å². The van der Waals surface area contributed by atoms with Gasteiger partial charge in [-0.05, 0) is 19.5 Å². The highest BCUT2D eigenvalue weighted by molar-refractivity contribution is 5.78. The van der Waals surface area contributed by atoms with Crippen LogP contribution in [-0.2, 0) is 16.0 Å². The number of nitrogens with zero attached hydrogens (tertiary/aromatic N) is 1. The molecule has 0 saturated carbocycles. The number of carbonyl (C=O) groups is 1. The summed E-state index contributed by atoms with van der Waals surface area (Å²) in [5.74, 6) is 0.0578. The summed E-state index contributed by atoms with van der Waals surface area (Å²) >= 11 is 0. The van der Waals surface area contributed by atoms with Crippen LogP contribution in [0.1, 0.15) is 11.1 Å². The average Bonchev–Trinajstić information content (AvgIpc) is 2.36. The van der Waals surface area contributed by atoms with Gasteiger partial charge in [-0.3, -0.25) is 4.79 Å². The second kappa shape index (κ2) is 6.68. The summed E-state index contributed by atoms with van der Waals surface area (Å²) in [4.78, 5) is 14.1. The van der Waals surface area contributed by atoms with E-state index in [1.165, 1.54) is 5.56 Å². The molecule has 104 valence electrons. The van der Waals surface area contributed by atoms with Gasteiger partial charge < -0.3 is 15.0 Å². The SMILES string of the molecule is Cc1cccc(CC(=O)NCC2CN(C)CCO2)c1. The van der Waals surface area contributed by atoms with E-state index < -0.39 is 0 Å². The van der Waals surface area contributed by atoms with Crippen LogP contribution in [0.5, 0.6) is 0 Å². The molecule has 1 fully saturated rings. The molecule has 1 aromatic carbocycles. The molecule has 1 saturated heterocycles. The zero-order chi connectivity index (χ0) is 13.7. The van der Waals surface area contributed by atoms with Gasteiger partial charge in [0.05, 0.1) is 19.1 Å². The van der Waals surface area contributed by atoms with Gasteiger partial charge in [0.2, 0.25) is 5.91 Å². The van der Waals surface area contributed by atoms with E-state index in [1.54, 1.807) is 0 Å². The number of aryl methyl sites for hydroxylation is 1. The number of likely N-dealkylation sites (N-methyl/N-ethyl adjacent to an activating group) is 1. The maximum Gasteiger partial charge on any atom is 0.224 e. The van der Waals surface area contributed by atoms with E-state index in [4.69, 9.17) is 4.74 Å². The van der Waals surface area contributed by atoms with Crippen molar-refractivity contribution in [3.05, 3.63) is 35.4 Å². The van der Waals surface area contributed by atoms with E-state index in [9.17, 15) is 4.79 Å². The Kier molecular flexibility index (Phi) is 4.93. The number of nitrogens with one attached hydrogen (secondary N) is 1. The molecule has 1 aromatic rings. The minimum atomic E-state index is 0.0578. The number of rotatable bonds is 4. The molecule has 2 rings (SSSR count). The molecule has 1 aliphatic heterocycles. The van der Waals surface area contributed by atoms with Gasteiger partial charge in [0, 0.05) is 19.6 Å². The van der Waals surface area contributed by atoms with Crippen LogP contribution < -0.4 is 5.32 Å². The average molecular weight is 262 g/mol. The Morgan fingerprint density at radius 1 is 1.53 bits per heavy atom.